The van der Waals surface area contributed by atoms with Crippen LogP contribution in [-0.2, 0) is 14.8 Å². The Morgan fingerprint density at radius 1 is 1.17 bits per heavy atom. The molecule has 0 aliphatic heterocycles. The Hall–Kier alpha value is -2.33. The van der Waals surface area contributed by atoms with Gasteiger partial charge in [-0.1, -0.05) is 18.5 Å². The molecule has 0 spiro atoms. The van der Waals surface area contributed by atoms with Crippen molar-refractivity contribution in [2.45, 2.75) is 30.4 Å². The molecule has 0 amide bonds. The summed E-state index contributed by atoms with van der Waals surface area (Å²) < 4.78 is 32.7. The lowest BCUT2D eigenvalue weighted by atomic mass is 10.2. The standard InChI is InChI=1S/C20H25ClN2O6S/c1-3-19(20(25)26)22-12-16(24)13-23(15-6-8-17(29-2)9-7-15)30(27,28)18-10-4-14(21)5-11-18/h4-11,16,19,22,24H,3,12-13H2,1-2H3,(H,25,26)/t16-,19+/m1/s1. The number of hydrogen-bond donors (Lipinski definition) is 3. The largest absolute Gasteiger partial charge is 0.497 e. The number of rotatable bonds is 11. The van der Waals surface area contributed by atoms with Crippen LogP contribution in [0.1, 0.15) is 13.3 Å². The highest BCUT2D eigenvalue weighted by molar-refractivity contribution is 7.92. The third-order valence-corrected chi connectivity index (χ3v) is 6.50. The van der Waals surface area contributed by atoms with Gasteiger partial charge in [-0.15, -0.1) is 0 Å². The third-order valence-electron chi connectivity index (χ3n) is 4.44. The Kier molecular flexibility index (Phi) is 8.48. The number of carbonyl (C=O) groups is 1. The van der Waals surface area contributed by atoms with Gasteiger partial charge in [-0.25, -0.2) is 8.42 Å². The summed E-state index contributed by atoms with van der Waals surface area (Å²) in [4.78, 5) is 11.2. The highest BCUT2D eigenvalue weighted by Crippen LogP contribution is 2.27. The average molecular weight is 457 g/mol. The maximum Gasteiger partial charge on any atom is 0.320 e. The van der Waals surface area contributed by atoms with E-state index in [0.29, 0.717) is 22.9 Å². The molecule has 0 saturated heterocycles. The third kappa shape index (κ3) is 6.09. The number of carboxylic acids is 1. The normalized spacial score (nSPS) is 13.5. The van der Waals surface area contributed by atoms with Crippen LogP contribution in [0.4, 0.5) is 5.69 Å². The molecule has 0 aliphatic rings. The number of methoxy groups -OCH3 is 1. The molecule has 0 heterocycles. The highest BCUT2D eigenvalue weighted by Gasteiger charge is 2.28. The summed E-state index contributed by atoms with van der Waals surface area (Å²) in [5, 5.41) is 22.7. The van der Waals surface area contributed by atoms with Crippen LogP contribution < -0.4 is 14.4 Å². The number of nitrogens with one attached hydrogen (secondary N) is 1. The summed E-state index contributed by atoms with van der Waals surface area (Å²) in [6.07, 6.45) is -0.824. The number of ether oxygens (including phenoxy) is 1. The molecule has 0 bridgehead atoms. The van der Waals surface area contributed by atoms with Crippen LogP contribution in [-0.4, -0.2) is 56.9 Å². The molecule has 0 radical (unpaired) electrons. The van der Waals surface area contributed by atoms with Crippen LogP contribution in [0, 0.1) is 0 Å². The molecule has 10 heteroatoms. The first-order valence-corrected chi connectivity index (χ1v) is 11.1. The Morgan fingerprint density at radius 2 is 1.77 bits per heavy atom. The van der Waals surface area contributed by atoms with Crippen molar-refractivity contribution in [2.75, 3.05) is 24.5 Å². The molecule has 0 unspecified atom stereocenters. The van der Waals surface area contributed by atoms with E-state index in [2.05, 4.69) is 5.32 Å². The van der Waals surface area contributed by atoms with Crippen molar-refractivity contribution >= 4 is 33.3 Å². The van der Waals surface area contributed by atoms with Gasteiger partial charge < -0.3 is 20.3 Å². The molecule has 30 heavy (non-hydrogen) atoms. The van der Waals surface area contributed by atoms with E-state index < -0.39 is 28.1 Å². The fraction of sp³-hybridized carbons (Fsp3) is 0.350. The summed E-state index contributed by atoms with van der Waals surface area (Å²) in [5.74, 6) is -0.484. The fourth-order valence-corrected chi connectivity index (χ4v) is 4.39. The number of aliphatic hydroxyl groups is 1. The lowest BCUT2D eigenvalue weighted by Gasteiger charge is -2.27. The molecule has 164 valence electrons. The van der Waals surface area contributed by atoms with Gasteiger partial charge >= 0.3 is 5.97 Å². The van der Waals surface area contributed by atoms with Crippen molar-refractivity contribution in [2.24, 2.45) is 0 Å². The number of hydrogen-bond acceptors (Lipinski definition) is 6. The minimum Gasteiger partial charge on any atom is -0.497 e. The zero-order chi connectivity index (χ0) is 22.3. The van der Waals surface area contributed by atoms with E-state index in [-0.39, 0.29) is 18.0 Å². The number of aliphatic carboxylic acids is 1. The van der Waals surface area contributed by atoms with Crippen molar-refractivity contribution in [3.05, 3.63) is 53.6 Å². The second-order valence-corrected chi connectivity index (χ2v) is 8.85. The smallest absolute Gasteiger partial charge is 0.320 e. The minimum atomic E-state index is -4.02. The second kappa shape index (κ2) is 10.6. The van der Waals surface area contributed by atoms with Gasteiger partial charge in [0.15, 0.2) is 0 Å². The van der Waals surface area contributed by atoms with Gasteiger partial charge in [0.05, 0.1) is 30.3 Å². The molecule has 0 saturated carbocycles. The van der Waals surface area contributed by atoms with Crippen molar-refractivity contribution in [3.63, 3.8) is 0 Å². The van der Waals surface area contributed by atoms with E-state index in [1.165, 1.54) is 31.4 Å². The average Bonchev–Trinajstić information content (AvgIpc) is 2.72. The molecule has 0 aromatic heterocycles. The second-order valence-electron chi connectivity index (χ2n) is 6.55. The van der Waals surface area contributed by atoms with Gasteiger partial charge in [-0.2, -0.15) is 0 Å². The van der Waals surface area contributed by atoms with Crippen LogP contribution in [0.3, 0.4) is 0 Å². The maximum absolute atomic E-state index is 13.3. The molecular formula is C20H25ClN2O6S. The summed E-state index contributed by atoms with van der Waals surface area (Å²) in [6, 6.07) is 11.2. The topological polar surface area (TPSA) is 116 Å². The van der Waals surface area contributed by atoms with Crippen LogP contribution in [0.5, 0.6) is 5.75 Å². The first kappa shape index (κ1) is 23.9. The number of aliphatic hydroxyl groups excluding tert-OH is 1. The lowest BCUT2D eigenvalue weighted by molar-refractivity contribution is -0.139. The van der Waals surface area contributed by atoms with Crippen LogP contribution in [0.25, 0.3) is 0 Å². The monoisotopic (exact) mass is 456 g/mol. The van der Waals surface area contributed by atoms with Crippen molar-refractivity contribution < 1.29 is 28.2 Å². The van der Waals surface area contributed by atoms with Crippen LogP contribution in [0.2, 0.25) is 5.02 Å². The molecular weight excluding hydrogens is 432 g/mol. The summed E-state index contributed by atoms with van der Waals surface area (Å²) >= 11 is 5.87. The van der Waals surface area contributed by atoms with E-state index in [1.807, 2.05) is 0 Å². The number of nitrogens with zero attached hydrogens (tertiary/aromatic N) is 1. The molecule has 8 nitrogen and oxygen atoms in total. The number of halogens is 1. The summed E-state index contributed by atoms with van der Waals surface area (Å²) in [7, 11) is -2.52. The van der Waals surface area contributed by atoms with Crippen molar-refractivity contribution in [1.29, 1.82) is 0 Å². The summed E-state index contributed by atoms with van der Waals surface area (Å²) in [5.41, 5.74) is 0.329. The first-order chi connectivity index (χ1) is 14.2. The fourth-order valence-electron chi connectivity index (χ4n) is 2.77. The van der Waals surface area contributed by atoms with E-state index in [4.69, 9.17) is 21.4 Å². The predicted octanol–water partition coefficient (Wildman–Crippen LogP) is 2.36. The van der Waals surface area contributed by atoms with Gasteiger partial charge in [-0.05, 0) is 55.0 Å². The Balaban J connectivity index is 2.31. The van der Waals surface area contributed by atoms with E-state index in [9.17, 15) is 18.3 Å². The molecule has 0 aliphatic carbocycles. The zero-order valence-corrected chi connectivity index (χ0v) is 18.2. The van der Waals surface area contributed by atoms with Crippen LogP contribution >= 0.6 is 11.6 Å². The van der Waals surface area contributed by atoms with E-state index in [1.54, 1.807) is 31.2 Å². The molecule has 2 atom stereocenters. The Bertz CT molecular complexity index is 935. The van der Waals surface area contributed by atoms with Crippen LogP contribution in [0.15, 0.2) is 53.4 Å². The Morgan fingerprint density at radius 3 is 2.27 bits per heavy atom. The van der Waals surface area contributed by atoms with E-state index >= 15 is 0 Å². The molecule has 2 aromatic carbocycles. The number of anilines is 1. The van der Waals surface area contributed by atoms with Gasteiger partial charge in [0.1, 0.15) is 11.8 Å². The molecule has 2 aromatic rings. The maximum atomic E-state index is 13.3. The minimum absolute atomic E-state index is 0.0137. The highest BCUT2D eigenvalue weighted by atomic mass is 35.5. The van der Waals surface area contributed by atoms with E-state index in [0.717, 1.165) is 4.31 Å². The van der Waals surface area contributed by atoms with Gasteiger partial charge in [0.25, 0.3) is 10.0 Å². The van der Waals surface area contributed by atoms with Gasteiger partial charge in [0, 0.05) is 11.6 Å². The van der Waals surface area contributed by atoms with Crippen molar-refractivity contribution in [3.8, 4) is 5.75 Å². The SMILES string of the molecule is CC[C@H](NC[C@@H](O)CN(c1ccc(OC)cc1)S(=O)(=O)c1ccc(Cl)cc1)C(=O)O. The first-order valence-electron chi connectivity index (χ1n) is 9.25. The number of carboxylic acid groups (broad SMARTS) is 1. The van der Waals surface area contributed by atoms with Gasteiger partial charge in [-0.3, -0.25) is 9.10 Å². The quantitative estimate of drug-likeness (QED) is 0.475. The van der Waals surface area contributed by atoms with Crippen molar-refractivity contribution in [1.82, 2.24) is 5.32 Å². The predicted molar refractivity (Wildman–Crippen MR) is 115 cm³/mol. The molecule has 0 fully saturated rings. The zero-order valence-electron chi connectivity index (χ0n) is 16.7. The van der Waals surface area contributed by atoms with Gasteiger partial charge in [0.2, 0.25) is 0 Å². The number of sulfonamides is 1. The molecule has 3 N–H and O–H groups in total. The Labute approximate surface area is 181 Å². The molecule has 2 rings (SSSR count). The number of benzene rings is 2. The summed E-state index contributed by atoms with van der Waals surface area (Å²) in [6.45, 7) is 1.33. The lowest BCUT2D eigenvalue weighted by Crippen LogP contribution is -2.45.